The van der Waals surface area contributed by atoms with E-state index < -0.39 is 0 Å². The van der Waals surface area contributed by atoms with Crippen molar-refractivity contribution >= 4 is 5.78 Å². The Morgan fingerprint density at radius 1 is 1.19 bits per heavy atom. The van der Waals surface area contributed by atoms with Gasteiger partial charge in [0.05, 0.1) is 5.69 Å². The Morgan fingerprint density at radius 2 is 1.94 bits per heavy atom. The predicted octanol–water partition coefficient (Wildman–Crippen LogP) is 3.00. The minimum atomic E-state index is 0.668. The van der Waals surface area contributed by atoms with Crippen LogP contribution in [-0.4, -0.2) is 14.4 Å². The zero-order valence-corrected chi connectivity index (χ0v) is 9.90. The molecule has 2 heterocycles. The fourth-order valence-corrected chi connectivity index (χ4v) is 2.71. The summed E-state index contributed by atoms with van der Waals surface area (Å²) >= 11 is 0. The SMILES string of the molecule is Cc1cc(C)n2cc(C3CCCC3)nc2n1. The first-order chi connectivity index (χ1) is 7.74. The van der Waals surface area contributed by atoms with E-state index in [0.29, 0.717) is 5.92 Å². The highest BCUT2D eigenvalue weighted by molar-refractivity contribution is 5.35. The van der Waals surface area contributed by atoms with Crippen molar-refractivity contribution in [2.24, 2.45) is 0 Å². The van der Waals surface area contributed by atoms with Crippen LogP contribution in [0.25, 0.3) is 5.78 Å². The molecular weight excluding hydrogens is 198 g/mol. The molecule has 0 aromatic carbocycles. The van der Waals surface area contributed by atoms with Crippen LogP contribution in [0.3, 0.4) is 0 Å². The topological polar surface area (TPSA) is 30.2 Å². The van der Waals surface area contributed by atoms with Gasteiger partial charge in [-0.15, -0.1) is 0 Å². The van der Waals surface area contributed by atoms with E-state index in [9.17, 15) is 0 Å². The molecule has 0 aliphatic heterocycles. The van der Waals surface area contributed by atoms with Crippen molar-refractivity contribution in [3.63, 3.8) is 0 Å². The Bertz CT molecular complexity index is 521. The molecule has 16 heavy (non-hydrogen) atoms. The van der Waals surface area contributed by atoms with E-state index in [1.165, 1.54) is 37.1 Å². The van der Waals surface area contributed by atoms with E-state index in [1.807, 2.05) is 6.92 Å². The molecule has 2 aromatic rings. The molecule has 0 radical (unpaired) electrons. The van der Waals surface area contributed by atoms with E-state index in [1.54, 1.807) is 0 Å². The quantitative estimate of drug-likeness (QED) is 0.732. The van der Waals surface area contributed by atoms with E-state index in [-0.39, 0.29) is 0 Å². The highest BCUT2D eigenvalue weighted by Gasteiger charge is 2.20. The van der Waals surface area contributed by atoms with Gasteiger partial charge in [0.15, 0.2) is 0 Å². The summed E-state index contributed by atoms with van der Waals surface area (Å²) < 4.78 is 2.11. The van der Waals surface area contributed by atoms with Gasteiger partial charge in [-0.1, -0.05) is 12.8 Å². The molecule has 3 nitrogen and oxygen atoms in total. The van der Waals surface area contributed by atoms with Crippen LogP contribution in [0.2, 0.25) is 0 Å². The van der Waals surface area contributed by atoms with Crippen molar-refractivity contribution in [2.45, 2.75) is 45.4 Å². The molecule has 1 fully saturated rings. The van der Waals surface area contributed by atoms with Gasteiger partial charge in [0.1, 0.15) is 0 Å². The summed E-state index contributed by atoms with van der Waals surface area (Å²) in [5, 5.41) is 0. The van der Waals surface area contributed by atoms with Gasteiger partial charge in [0, 0.05) is 23.5 Å². The van der Waals surface area contributed by atoms with Crippen molar-refractivity contribution in [2.75, 3.05) is 0 Å². The normalized spacial score (nSPS) is 17.4. The van der Waals surface area contributed by atoms with Gasteiger partial charge in [-0.2, -0.15) is 0 Å². The maximum Gasteiger partial charge on any atom is 0.234 e. The summed E-state index contributed by atoms with van der Waals surface area (Å²) in [4.78, 5) is 9.15. The Kier molecular flexibility index (Phi) is 2.20. The molecule has 3 heteroatoms. The summed E-state index contributed by atoms with van der Waals surface area (Å²) in [5.41, 5.74) is 3.51. The van der Waals surface area contributed by atoms with Crippen molar-refractivity contribution in [1.29, 1.82) is 0 Å². The number of hydrogen-bond donors (Lipinski definition) is 0. The maximum atomic E-state index is 4.67. The van der Waals surface area contributed by atoms with E-state index in [0.717, 1.165) is 11.5 Å². The second kappa shape index (κ2) is 3.58. The third-order valence-electron chi connectivity index (χ3n) is 3.55. The molecule has 1 saturated carbocycles. The molecule has 0 amide bonds. The number of aromatic nitrogens is 3. The van der Waals surface area contributed by atoms with Crippen molar-refractivity contribution in [3.8, 4) is 0 Å². The standard InChI is InChI=1S/C13H17N3/c1-9-7-10(2)16-8-12(15-13(16)14-9)11-5-3-4-6-11/h7-8,11H,3-6H2,1-2H3. The summed E-state index contributed by atoms with van der Waals surface area (Å²) in [7, 11) is 0. The Balaban J connectivity index is 2.11. The average Bonchev–Trinajstić information content (AvgIpc) is 2.82. The van der Waals surface area contributed by atoms with E-state index in [2.05, 4.69) is 33.6 Å². The van der Waals surface area contributed by atoms with Crippen LogP contribution in [-0.2, 0) is 0 Å². The first-order valence-electron chi connectivity index (χ1n) is 6.07. The van der Waals surface area contributed by atoms with Gasteiger partial charge >= 0.3 is 0 Å². The molecule has 84 valence electrons. The van der Waals surface area contributed by atoms with Gasteiger partial charge in [-0.25, -0.2) is 9.97 Å². The Morgan fingerprint density at radius 3 is 2.69 bits per heavy atom. The van der Waals surface area contributed by atoms with Crippen LogP contribution < -0.4 is 0 Å². The smallest absolute Gasteiger partial charge is 0.234 e. The molecule has 0 N–H and O–H groups in total. The number of aryl methyl sites for hydroxylation is 2. The first kappa shape index (κ1) is 9.82. The summed E-state index contributed by atoms with van der Waals surface area (Å²) in [6.45, 7) is 4.14. The lowest BCUT2D eigenvalue weighted by molar-refractivity contribution is 0.703. The lowest BCUT2D eigenvalue weighted by atomic mass is 10.1. The second-order valence-electron chi connectivity index (χ2n) is 4.86. The molecule has 0 bridgehead atoms. The maximum absolute atomic E-state index is 4.67. The largest absolute Gasteiger partial charge is 0.288 e. The van der Waals surface area contributed by atoms with Crippen LogP contribution in [0.4, 0.5) is 0 Å². The summed E-state index contributed by atoms with van der Waals surface area (Å²) in [6, 6.07) is 2.10. The summed E-state index contributed by atoms with van der Waals surface area (Å²) in [6.07, 6.45) is 7.46. The highest BCUT2D eigenvalue weighted by Crippen LogP contribution is 2.33. The zero-order chi connectivity index (χ0) is 11.1. The molecule has 0 spiro atoms. The average molecular weight is 215 g/mol. The molecule has 0 unspecified atom stereocenters. The molecule has 3 rings (SSSR count). The van der Waals surface area contributed by atoms with Crippen molar-refractivity contribution in [3.05, 3.63) is 29.3 Å². The lowest BCUT2D eigenvalue weighted by Crippen LogP contribution is -1.94. The monoisotopic (exact) mass is 215 g/mol. The van der Waals surface area contributed by atoms with Crippen molar-refractivity contribution < 1.29 is 0 Å². The molecule has 2 aromatic heterocycles. The van der Waals surface area contributed by atoms with Crippen LogP contribution >= 0.6 is 0 Å². The number of imidazole rings is 1. The van der Waals surface area contributed by atoms with Gasteiger partial charge in [0.2, 0.25) is 5.78 Å². The molecule has 0 atom stereocenters. The number of fused-ring (bicyclic) bond motifs is 1. The molecular formula is C13H17N3. The number of rotatable bonds is 1. The van der Waals surface area contributed by atoms with Gasteiger partial charge < -0.3 is 0 Å². The third kappa shape index (κ3) is 1.51. The molecule has 1 aliphatic carbocycles. The second-order valence-corrected chi connectivity index (χ2v) is 4.86. The number of nitrogens with zero attached hydrogens (tertiary/aromatic N) is 3. The van der Waals surface area contributed by atoms with Crippen LogP contribution in [0.15, 0.2) is 12.3 Å². The van der Waals surface area contributed by atoms with Crippen LogP contribution in [0.5, 0.6) is 0 Å². The molecule has 1 aliphatic rings. The van der Waals surface area contributed by atoms with Crippen LogP contribution in [0, 0.1) is 13.8 Å². The first-order valence-corrected chi connectivity index (χ1v) is 6.07. The number of hydrogen-bond acceptors (Lipinski definition) is 2. The van der Waals surface area contributed by atoms with Gasteiger partial charge in [-0.3, -0.25) is 4.40 Å². The van der Waals surface area contributed by atoms with E-state index >= 15 is 0 Å². The molecule has 0 saturated heterocycles. The minimum absolute atomic E-state index is 0.668. The lowest BCUT2D eigenvalue weighted by Gasteiger charge is -2.02. The van der Waals surface area contributed by atoms with Crippen molar-refractivity contribution in [1.82, 2.24) is 14.4 Å². The Hall–Kier alpha value is -1.38. The zero-order valence-electron chi connectivity index (χ0n) is 9.90. The third-order valence-corrected chi connectivity index (χ3v) is 3.55. The Labute approximate surface area is 95.5 Å². The minimum Gasteiger partial charge on any atom is -0.288 e. The predicted molar refractivity (Wildman–Crippen MR) is 63.7 cm³/mol. The highest BCUT2D eigenvalue weighted by atomic mass is 15.1. The van der Waals surface area contributed by atoms with Gasteiger partial charge in [-0.05, 0) is 32.8 Å². The fraction of sp³-hybridized carbons (Fsp3) is 0.538. The summed E-state index contributed by atoms with van der Waals surface area (Å²) in [5.74, 6) is 1.53. The van der Waals surface area contributed by atoms with Gasteiger partial charge in [0.25, 0.3) is 0 Å². The van der Waals surface area contributed by atoms with E-state index in [4.69, 9.17) is 0 Å². The fourth-order valence-electron chi connectivity index (χ4n) is 2.71. The van der Waals surface area contributed by atoms with Crippen LogP contribution in [0.1, 0.15) is 48.7 Å².